The van der Waals surface area contributed by atoms with Crippen molar-refractivity contribution in [2.45, 2.75) is 60.9 Å². The SMILES string of the molecule is CN[C@]1(C)CC[C@H](n2ncc(-c3cc(Sc4ccc(F)cc4C#N)c4c(C#N)cnn4c3)c2C)CC1. The lowest BCUT2D eigenvalue weighted by Gasteiger charge is -2.37. The molecule has 1 saturated carbocycles. The summed E-state index contributed by atoms with van der Waals surface area (Å²) < 4.78 is 17.5. The van der Waals surface area contributed by atoms with Crippen LogP contribution in [0.15, 0.2) is 52.6 Å². The second-order valence-corrected chi connectivity index (χ2v) is 10.6. The van der Waals surface area contributed by atoms with E-state index >= 15 is 0 Å². The number of pyridine rings is 1. The van der Waals surface area contributed by atoms with Gasteiger partial charge in [-0.3, -0.25) is 4.68 Å². The second kappa shape index (κ2) is 9.42. The first kappa shape index (κ1) is 24.1. The maximum Gasteiger partial charge on any atom is 0.124 e. The Balaban J connectivity index is 1.55. The van der Waals surface area contributed by atoms with E-state index in [1.54, 1.807) is 10.6 Å². The summed E-state index contributed by atoms with van der Waals surface area (Å²) >= 11 is 1.33. The monoisotopic (exact) mass is 499 g/mol. The van der Waals surface area contributed by atoms with Crippen LogP contribution in [0.4, 0.5) is 4.39 Å². The molecule has 0 saturated heterocycles. The number of aromatic nitrogens is 4. The van der Waals surface area contributed by atoms with E-state index in [1.165, 1.54) is 30.1 Å². The van der Waals surface area contributed by atoms with Crippen LogP contribution in [0.1, 0.15) is 55.5 Å². The van der Waals surface area contributed by atoms with Crippen molar-refractivity contribution < 1.29 is 4.39 Å². The van der Waals surface area contributed by atoms with Crippen molar-refractivity contribution in [3.63, 3.8) is 0 Å². The first-order valence-electron chi connectivity index (χ1n) is 11.9. The van der Waals surface area contributed by atoms with Gasteiger partial charge >= 0.3 is 0 Å². The van der Waals surface area contributed by atoms with Crippen LogP contribution in [0.5, 0.6) is 0 Å². The second-order valence-electron chi connectivity index (χ2n) is 9.54. The van der Waals surface area contributed by atoms with E-state index < -0.39 is 5.82 Å². The first-order valence-corrected chi connectivity index (χ1v) is 12.7. The standard InChI is InChI=1S/C27H26FN7S/c1-17-23(15-33-35(17)22-6-8-27(2,31-3)9-7-22)19-11-25(26-20(13-30)14-32-34(26)16-19)36-24-5-4-21(28)10-18(24)12-29/h4-5,10-11,14-16,22,31H,6-9H2,1-3H3/t22-,27+. The topological polar surface area (TPSA) is 94.7 Å². The van der Waals surface area contributed by atoms with Crippen LogP contribution < -0.4 is 5.32 Å². The Morgan fingerprint density at radius 2 is 1.83 bits per heavy atom. The van der Waals surface area contributed by atoms with Gasteiger partial charge in [0.25, 0.3) is 0 Å². The number of nitrogens with one attached hydrogen (secondary N) is 1. The Bertz CT molecular complexity index is 1530. The summed E-state index contributed by atoms with van der Waals surface area (Å²) in [4.78, 5) is 1.38. The summed E-state index contributed by atoms with van der Waals surface area (Å²) in [6, 6.07) is 10.8. The lowest BCUT2D eigenvalue weighted by molar-refractivity contribution is 0.208. The fraction of sp³-hybridized carbons (Fsp3) is 0.333. The van der Waals surface area contributed by atoms with Crippen LogP contribution in [-0.2, 0) is 0 Å². The van der Waals surface area contributed by atoms with E-state index in [-0.39, 0.29) is 11.1 Å². The number of nitrogens with zero attached hydrogens (tertiary/aromatic N) is 6. The average Bonchev–Trinajstić information content (AvgIpc) is 3.48. The minimum Gasteiger partial charge on any atom is -0.315 e. The lowest BCUT2D eigenvalue weighted by atomic mass is 9.81. The number of hydrogen-bond donors (Lipinski definition) is 1. The summed E-state index contributed by atoms with van der Waals surface area (Å²) in [5.41, 5.74) is 4.51. The molecule has 1 aliphatic carbocycles. The summed E-state index contributed by atoms with van der Waals surface area (Å²) in [7, 11) is 2.03. The number of halogens is 1. The zero-order valence-corrected chi connectivity index (χ0v) is 21.2. The zero-order chi connectivity index (χ0) is 25.4. The molecule has 5 rings (SSSR count). The normalized spacial score (nSPS) is 19.8. The Kier molecular flexibility index (Phi) is 6.29. The fourth-order valence-corrected chi connectivity index (χ4v) is 6.07. The number of rotatable bonds is 5. The molecule has 3 heterocycles. The predicted molar refractivity (Wildman–Crippen MR) is 136 cm³/mol. The molecule has 1 aromatic carbocycles. The molecule has 0 spiro atoms. The maximum atomic E-state index is 13.7. The molecule has 0 aliphatic heterocycles. The molecule has 0 unspecified atom stereocenters. The number of hydrogen-bond acceptors (Lipinski definition) is 6. The average molecular weight is 500 g/mol. The van der Waals surface area contributed by atoms with Crippen LogP contribution in [0.3, 0.4) is 0 Å². The maximum absolute atomic E-state index is 13.7. The molecule has 0 amide bonds. The van der Waals surface area contributed by atoms with Crippen LogP contribution in [0.25, 0.3) is 16.6 Å². The largest absolute Gasteiger partial charge is 0.315 e. The van der Waals surface area contributed by atoms with Crippen molar-refractivity contribution in [3.05, 3.63) is 65.5 Å². The highest BCUT2D eigenvalue weighted by molar-refractivity contribution is 7.99. The fourth-order valence-electron chi connectivity index (χ4n) is 5.00. The van der Waals surface area contributed by atoms with E-state index in [2.05, 4.69) is 41.1 Å². The third-order valence-corrected chi connectivity index (χ3v) is 8.45. The van der Waals surface area contributed by atoms with Gasteiger partial charge in [-0.1, -0.05) is 11.8 Å². The van der Waals surface area contributed by atoms with E-state index in [9.17, 15) is 14.9 Å². The van der Waals surface area contributed by atoms with Gasteiger partial charge in [0, 0.05) is 38.3 Å². The van der Waals surface area contributed by atoms with Crippen LogP contribution in [-0.4, -0.2) is 32.0 Å². The van der Waals surface area contributed by atoms with Gasteiger partial charge in [-0.25, -0.2) is 8.91 Å². The van der Waals surface area contributed by atoms with E-state index in [0.717, 1.165) is 47.4 Å². The minimum atomic E-state index is -0.461. The van der Waals surface area contributed by atoms with Crippen LogP contribution in [0.2, 0.25) is 0 Å². The van der Waals surface area contributed by atoms with Gasteiger partial charge in [0.15, 0.2) is 0 Å². The molecular weight excluding hydrogens is 473 g/mol. The lowest BCUT2D eigenvalue weighted by Crippen LogP contribution is -2.43. The smallest absolute Gasteiger partial charge is 0.124 e. The van der Waals surface area contributed by atoms with E-state index in [1.807, 2.05) is 25.5 Å². The van der Waals surface area contributed by atoms with Gasteiger partial charge in [0.2, 0.25) is 0 Å². The highest BCUT2D eigenvalue weighted by Gasteiger charge is 2.31. The summed E-state index contributed by atoms with van der Waals surface area (Å²) in [5.74, 6) is -0.461. The molecule has 4 aromatic rings. The molecule has 36 heavy (non-hydrogen) atoms. The van der Waals surface area contributed by atoms with Crippen molar-refractivity contribution in [1.29, 1.82) is 10.5 Å². The number of nitriles is 2. The van der Waals surface area contributed by atoms with Crippen molar-refractivity contribution >= 4 is 17.3 Å². The van der Waals surface area contributed by atoms with Crippen molar-refractivity contribution in [2.24, 2.45) is 0 Å². The van der Waals surface area contributed by atoms with Crippen molar-refractivity contribution in [3.8, 4) is 23.3 Å². The molecule has 3 aromatic heterocycles. The molecule has 0 radical (unpaired) electrons. The Morgan fingerprint density at radius 3 is 2.53 bits per heavy atom. The van der Waals surface area contributed by atoms with E-state index in [4.69, 9.17) is 5.10 Å². The number of benzene rings is 1. The Morgan fingerprint density at radius 1 is 1.08 bits per heavy atom. The molecule has 7 nitrogen and oxygen atoms in total. The molecule has 0 bridgehead atoms. The third-order valence-electron chi connectivity index (χ3n) is 7.34. The molecule has 0 atom stereocenters. The molecule has 9 heteroatoms. The van der Waals surface area contributed by atoms with Gasteiger partial charge in [0.05, 0.1) is 35.1 Å². The first-order chi connectivity index (χ1) is 17.4. The molecular formula is C27H26FN7S. The zero-order valence-electron chi connectivity index (χ0n) is 20.4. The highest BCUT2D eigenvalue weighted by Crippen LogP contribution is 2.39. The minimum absolute atomic E-state index is 0.179. The van der Waals surface area contributed by atoms with Crippen LogP contribution in [0, 0.1) is 35.4 Å². The molecule has 1 N–H and O–H groups in total. The summed E-state index contributed by atoms with van der Waals surface area (Å²) in [6.07, 6.45) is 9.65. The van der Waals surface area contributed by atoms with Gasteiger partial charge in [-0.15, -0.1) is 0 Å². The van der Waals surface area contributed by atoms with Gasteiger partial charge < -0.3 is 5.32 Å². The third kappa shape index (κ3) is 4.26. The van der Waals surface area contributed by atoms with Crippen LogP contribution >= 0.6 is 11.8 Å². The Hall–Kier alpha value is -3.66. The Labute approximate surface area is 213 Å². The van der Waals surface area contributed by atoms with Crippen molar-refractivity contribution in [1.82, 2.24) is 24.7 Å². The number of fused-ring (bicyclic) bond motifs is 1. The molecule has 1 fully saturated rings. The molecule has 1 aliphatic rings. The van der Waals surface area contributed by atoms with E-state index in [0.29, 0.717) is 22.0 Å². The summed E-state index contributed by atoms with van der Waals surface area (Å²) in [5, 5.41) is 31.8. The van der Waals surface area contributed by atoms with Gasteiger partial charge in [-0.05, 0) is 70.8 Å². The highest BCUT2D eigenvalue weighted by atomic mass is 32.2. The van der Waals surface area contributed by atoms with Gasteiger partial charge in [-0.2, -0.15) is 20.7 Å². The predicted octanol–water partition coefficient (Wildman–Crippen LogP) is 5.63. The van der Waals surface area contributed by atoms with Crippen molar-refractivity contribution in [2.75, 3.05) is 7.05 Å². The quantitative estimate of drug-likeness (QED) is 0.382. The van der Waals surface area contributed by atoms with Gasteiger partial charge in [0.1, 0.15) is 18.0 Å². The summed E-state index contributed by atoms with van der Waals surface area (Å²) in [6.45, 7) is 4.36. The molecule has 182 valence electrons.